The lowest BCUT2D eigenvalue weighted by atomic mass is 10.3. The molecule has 25 heavy (non-hydrogen) atoms. The topological polar surface area (TPSA) is 55.6 Å². The maximum atomic E-state index is 4.64. The largest absolute Gasteiger partial charge is 0.332 e. The number of para-hydroxylation sites is 2. The van der Waals surface area contributed by atoms with Gasteiger partial charge in [0.15, 0.2) is 10.3 Å². The Morgan fingerprint density at radius 3 is 2.56 bits per heavy atom. The van der Waals surface area contributed by atoms with Crippen LogP contribution in [-0.4, -0.2) is 19.7 Å². The SMILES string of the molecule is c1ccc(Nc2nc(CSc3nncn3-c3ccccc3)cs2)cc1. The molecule has 0 bridgehead atoms. The van der Waals surface area contributed by atoms with E-state index in [1.807, 2.05) is 65.2 Å². The van der Waals surface area contributed by atoms with Gasteiger partial charge in [-0.05, 0) is 24.3 Å². The minimum Gasteiger partial charge on any atom is -0.332 e. The standard InChI is InChI=1S/C18H15N5S2/c1-3-7-14(8-4-1)20-17-21-15(11-24-17)12-25-18-22-19-13-23(18)16-9-5-2-6-10-16/h1-11,13H,12H2,(H,20,21). The van der Waals surface area contributed by atoms with Crippen LogP contribution in [0.4, 0.5) is 10.8 Å². The summed E-state index contributed by atoms with van der Waals surface area (Å²) in [6.45, 7) is 0. The molecule has 1 N–H and O–H groups in total. The summed E-state index contributed by atoms with van der Waals surface area (Å²) in [4.78, 5) is 4.64. The summed E-state index contributed by atoms with van der Waals surface area (Å²) in [5, 5.41) is 15.4. The summed E-state index contributed by atoms with van der Waals surface area (Å²) >= 11 is 3.23. The van der Waals surface area contributed by atoms with Gasteiger partial charge in [0.05, 0.1) is 5.69 Å². The lowest BCUT2D eigenvalue weighted by molar-refractivity contribution is 0.883. The number of thioether (sulfide) groups is 1. The highest BCUT2D eigenvalue weighted by Gasteiger charge is 2.09. The summed E-state index contributed by atoms with van der Waals surface area (Å²) < 4.78 is 1.99. The van der Waals surface area contributed by atoms with Crippen LogP contribution < -0.4 is 5.32 Å². The first kappa shape index (κ1) is 15.9. The summed E-state index contributed by atoms with van der Waals surface area (Å²) in [6, 6.07) is 20.1. The molecular formula is C18H15N5S2. The van der Waals surface area contributed by atoms with Crippen molar-refractivity contribution in [1.82, 2.24) is 19.7 Å². The first-order valence-electron chi connectivity index (χ1n) is 7.73. The van der Waals surface area contributed by atoms with Crippen molar-refractivity contribution < 1.29 is 0 Å². The number of nitrogens with one attached hydrogen (secondary N) is 1. The monoisotopic (exact) mass is 365 g/mol. The number of anilines is 2. The van der Waals surface area contributed by atoms with Crippen molar-refractivity contribution in [2.75, 3.05) is 5.32 Å². The van der Waals surface area contributed by atoms with Crippen molar-refractivity contribution in [3.8, 4) is 5.69 Å². The number of nitrogens with zero attached hydrogens (tertiary/aromatic N) is 4. The zero-order chi connectivity index (χ0) is 16.9. The third-order valence-electron chi connectivity index (χ3n) is 3.48. The second kappa shape index (κ2) is 7.50. The molecule has 0 amide bonds. The molecule has 5 nitrogen and oxygen atoms in total. The lowest BCUT2D eigenvalue weighted by Gasteiger charge is -2.05. The van der Waals surface area contributed by atoms with Crippen molar-refractivity contribution in [2.45, 2.75) is 10.9 Å². The van der Waals surface area contributed by atoms with Crippen molar-refractivity contribution >= 4 is 33.9 Å². The van der Waals surface area contributed by atoms with Crippen LogP contribution in [0.3, 0.4) is 0 Å². The van der Waals surface area contributed by atoms with Crippen LogP contribution in [0.1, 0.15) is 5.69 Å². The molecule has 0 saturated carbocycles. The predicted molar refractivity (Wildman–Crippen MR) is 103 cm³/mol. The Balaban J connectivity index is 1.42. The zero-order valence-electron chi connectivity index (χ0n) is 13.2. The molecule has 0 aliphatic heterocycles. The predicted octanol–water partition coefficient (Wildman–Crippen LogP) is 4.76. The number of rotatable bonds is 6. The van der Waals surface area contributed by atoms with E-state index in [2.05, 4.69) is 25.9 Å². The quantitative estimate of drug-likeness (QED) is 0.499. The molecular weight excluding hydrogens is 350 g/mol. The van der Waals surface area contributed by atoms with Gasteiger partial charge in [-0.3, -0.25) is 4.57 Å². The first-order valence-corrected chi connectivity index (χ1v) is 9.60. The van der Waals surface area contributed by atoms with Gasteiger partial charge in [-0.15, -0.1) is 21.5 Å². The molecule has 2 aromatic carbocycles. The van der Waals surface area contributed by atoms with Crippen LogP contribution in [-0.2, 0) is 5.75 Å². The minimum atomic E-state index is 0.749. The van der Waals surface area contributed by atoms with E-state index in [0.29, 0.717) is 0 Å². The van der Waals surface area contributed by atoms with Gasteiger partial charge < -0.3 is 5.32 Å². The van der Waals surface area contributed by atoms with Gasteiger partial charge in [0.1, 0.15) is 6.33 Å². The molecule has 124 valence electrons. The van der Waals surface area contributed by atoms with Crippen molar-refractivity contribution in [2.24, 2.45) is 0 Å². The second-order valence-electron chi connectivity index (χ2n) is 5.24. The Kier molecular flexibility index (Phi) is 4.76. The van der Waals surface area contributed by atoms with Gasteiger partial charge >= 0.3 is 0 Å². The van der Waals surface area contributed by atoms with Crippen LogP contribution >= 0.6 is 23.1 Å². The van der Waals surface area contributed by atoms with Crippen LogP contribution in [0.15, 0.2) is 77.5 Å². The third kappa shape index (κ3) is 3.89. The average Bonchev–Trinajstić information content (AvgIpc) is 3.31. The van der Waals surface area contributed by atoms with Gasteiger partial charge in [-0.25, -0.2) is 4.98 Å². The van der Waals surface area contributed by atoms with E-state index >= 15 is 0 Å². The maximum Gasteiger partial charge on any atom is 0.195 e. The molecule has 0 fully saturated rings. The van der Waals surface area contributed by atoms with Crippen LogP contribution in [0.5, 0.6) is 0 Å². The van der Waals surface area contributed by atoms with Crippen molar-refractivity contribution in [3.05, 3.63) is 78.1 Å². The fourth-order valence-electron chi connectivity index (χ4n) is 2.30. The Morgan fingerprint density at radius 2 is 1.76 bits per heavy atom. The molecule has 0 radical (unpaired) electrons. The van der Waals surface area contributed by atoms with Gasteiger partial charge in [0.2, 0.25) is 0 Å². The molecule has 2 heterocycles. The minimum absolute atomic E-state index is 0.749. The number of hydrogen-bond acceptors (Lipinski definition) is 6. The van der Waals surface area contributed by atoms with E-state index in [0.717, 1.165) is 33.1 Å². The Bertz CT molecular complexity index is 934. The third-order valence-corrected chi connectivity index (χ3v) is 5.26. The van der Waals surface area contributed by atoms with E-state index in [1.54, 1.807) is 29.4 Å². The van der Waals surface area contributed by atoms with Gasteiger partial charge in [0, 0.05) is 22.5 Å². The van der Waals surface area contributed by atoms with Gasteiger partial charge in [-0.1, -0.05) is 48.2 Å². The molecule has 0 aliphatic rings. The molecule has 0 spiro atoms. The Morgan fingerprint density at radius 1 is 1.00 bits per heavy atom. The summed E-state index contributed by atoms with van der Waals surface area (Å²) in [5.74, 6) is 0.749. The summed E-state index contributed by atoms with van der Waals surface area (Å²) in [6.07, 6.45) is 1.74. The number of benzene rings is 2. The lowest BCUT2D eigenvalue weighted by Crippen LogP contribution is -1.95. The molecule has 0 unspecified atom stereocenters. The molecule has 7 heteroatoms. The van der Waals surface area contributed by atoms with Crippen LogP contribution in [0.25, 0.3) is 5.69 Å². The normalized spacial score (nSPS) is 10.7. The smallest absolute Gasteiger partial charge is 0.195 e. The van der Waals surface area contributed by atoms with E-state index in [-0.39, 0.29) is 0 Å². The molecule has 4 aromatic rings. The highest BCUT2D eigenvalue weighted by Crippen LogP contribution is 2.26. The zero-order valence-corrected chi connectivity index (χ0v) is 14.9. The highest BCUT2D eigenvalue weighted by molar-refractivity contribution is 7.98. The molecule has 2 aromatic heterocycles. The molecule has 0 saturated heterocycles. The van der Waals surface area contributed by atoms with Crippen molar-refractivity contribution in [1.29, 1.82) is 0 Å². The van der Waals surface area contributed by atoms with E-state index in [4.69, 9.17) is 0 Å². The van der Waals surface area contributed by atoms with Crippen LogP contribution in [0.2, 0.25) is 0 Å². The Hall–Kier alpha value is -2.64. The number of hydrogen-bond donors (Lipinski definition) is 1. The number of aromatic nitrogens is 4. The fourth-order valence-corrected chi connectivity index (χ4v) is 3.96. The van der Waals surface area contributed by atoms with Crippen molar-refractivity contribution in [3.63, 3.8) is 0 Å². The van der Waals surface area contributed by atoms with Crippen LogP contribution in [0, 0.1) is 0 Å². The van der Waals surface area contributed by atoms with Gasteiger partial charge in [-0.2, -0.15) is 0 Å². The molecule has 0 atom stereocenters. The van der Waals surface area contributed by atoms with E-state index in [1.165, 1.54) is 0 Å². The number of thiazole rings is 1. The summed E-state index contributed by atoms with van der Waals surface area (Å²) in [5.41, 5.74) is 3.12. The van der Waals surface area contributed by atoms with E-state index in [9.17, 15) is 0 Å². The second-order valence-corrected chi connectivity index (χ2v) is 7.04. The highest BCUT2D eigenvalue weighted by atomic mass is 32.2. The Labute approximate surface area is 153 Å². The van der Waals surface area contributed by atoms with E-state index < -0.39 is 0 Å². The fraction of sp³-hybridized carbons (Fsp3) is 0.0556. The summed E-state index contributed by atoms with van der Waals surface area (Å²) in [7, 11) is 0. The molecule has 0 aliphatic carbocycles. The average molecular weight is 365 g/mol. The maximum absolute atomic E-state index is 4.64. The first-order chi connectivity index (χ1) is 12.4. The molecule has 4 rings (SSSR count). The van der Waals surface area contributed by atoms with Gasteiger partial charge in [0.25, 0.3) is 0 Å².